The molecule has 0 radical (unpaired) electrons. The Morgan fingerprint density at radius 3 is 2.90 bits per heavy atom. The van der Waals surface area contributed by atoms with Gasteiger partial charge in [-0.1, -0.05) is 12.2 Å². The van der Waals surface area contributed by atoms with Crippen molar-refractivity contribution in [1.29, 1.82) is 0 Å². The lowest BCUT2D eigenvalue weighted by atomic mass is 10.4. The molecule has 0 aromatic carbocycles. The Bertz CT molecular complexity index is 265. The van der Waals surface area contributed by atoms with Gasteiger partial charge in [0.1, 0.15) is 0 Å². The second kappa shape index (κ2) is 4.46. The molecule has 0 amide bonds. The molecule has 3 nitrogen and oxygen atoms in total. The summed E-state index contributed by atoms with van der Waals surface area (Å²) in [4.78, 5) is 0. The fourth-order valence-electron chi connectivity index (χ4n) is 0.351. The summed E-state index contributed by atoms with van der Waals surface area (Å²) in [5.74, 6) is 0. The van der Waals surface area contributed by atoms with Crippen LogP contribution < -0.4 is 0 Å². The van der Waals surface area contributed by atoms with Crippen LogP contribution in [0.1, 0.15) is 17.4 Å². The van der Waals surface area contributed by atoms with Crippen LogP contribution in [0.4, 0.5) is 0 Å². The van der Waals surface area contributed by atoms with E-state index in [1.807, 2.05) is 0 Å². The van der Waals surface area contributed by atoms with E-state index < -0.39 is 17.0 Å². The Morgan fingerprint density at radius 1 is 1.70 bits per heavy atom. The van der Waals surface area contributed by atoms with E-state index >= 15 is 0 Å². The molecule has 0 aromatic rings. The molecule has 0 bridgehead atoms. The van der Waals surface area contributed by atoms with E-state index in [0.717, 1.165) is 12.3 Å². The van der Waals surface area contributed by atoms with Crippen molar-refractivity contribution < 1.29 is 16.7 Å². The molecule has 0 N–H and O–H groups in total. The summed E-state index contributed by atoms with van der Waals surface area (Å²) in [6, 6.07) is 0. The molecular formula is C6H12O3S. The average Bonchev–Trinajstić information content (AvgIpc) is 1.81. The van der Waals surface area contributed by atoms with Crippen LogP contribution in [-0.2, 0) is 14.3 Å². The largest absolute Gasteiger partial charge is 0.270 e. The Hall–Kier alpha value is -0.350. The molecule has 0 heterocycles. The summed E-state index contributed by atoms with van der Waals surface area (Å²) < 4.78 is 45.6. The number of allylic oxidation sites excluding steroid dienone is 1. The molecule has 60 valence electrons. The first kappa shape index (κ1) is 5.32. The van der Waals surface area contributed by atoms with Gasteiger partial charge in [0.2, 0.25) is 0 Å². The average molecular weight is 167 g/mol. The van der Waals surface area contributed by atoms with Crippen LogP contribution >= 0.6 is 0 Å². The minimum Gasteiger partial charge on any atom is -0.270 e. The van der Waals surface area contributed by atoms with Crippen molar-refractivity contribution in [3.05, 3.63) is 12.2 Å². The van der Waals surface area contributed by atoms with Crippen LogP contribution in [0.25, 0.3) is 0 Å². The lowest BCUT2D eigenvalue weighted by molar-refractivity contribution is 0.328. The maximum atomic E-state index is 10.4. The van der Waals surface area contributed by atoms with Gasteiger partial charge in [0, 0.05) is 4.11 Å². The second-order valence-electron chi connectivity index (χ2n) is 1.72. The lowest BCUT2D eigenvalue weighted by Gasteiger charge is -1.95. The summed E-state index contributed by atoms with van der Waals surface area (Å²) in [6.45, 7) is -2.13. The van der Waals surface area contributed by atoms with Crippen molar-refractivity contribution in [3.8, 4) is 0 Å². The highest BCUT2D eigenvalue weighted by Gasteiger charge is 1.97. The second-order valence-corrected chi connectivity index (χ2v) is 3.36. The van der Waals surface area contributed by atoms with E-state index in [1.54, 1.807) is 0 Å². The quantitative estimate of drug-likeness (QED) is 0.355. The van der Waals surface area contributed by atoms with Gasteiger partial charge in [-0.3, -0.25) is 4.18 Å². The standard InChI is InChI=1S/C6H12O3S/c1-3-4-5-6-9-10(2,7)8/h3-4H,5-6H2,1-2H3/b4-3-/i1D3. The molecule has 0 unspecified atom stereocenters. The van der Waals surface area contributed by atoms with Gasteiger partial charge >= 0.3 is 0 Å². The zero-order valence-electron chi connectivity index (χ0n) is 8.70. The summed E-state index contributed by atoms with van der Waals surface area (Å²) in [5.41, 5.74) is 0. The molecule has 0 saturated heterocycles. The van der Waals surface area contributed by atoms with Crippen molar-refractivity contribution in [2.75, 3.05) is 12.9 Å². The Labute approximate surface area is 66.0 Å². The van der Waals surface area contributed by atoms with Crippen LogP contribution in [0.5, 0.6) is 0 Å². The maximum absolute atomic E-state index is 10.4. The molecule has 0 rings (SSSR count). The van der Waals surface area contributed by atoms with E-state index in [-0.39, 0.29) is 13.0 Å². The molecule has 0 saturated carbocycles. The molecule has 10 heavy (non-hydrogen) atoms. The first-order valence-electron chi connectivity index (χ1n) is 4.23. The topological polar surface area (TPSA) is 43.4 Å². The van der Waals surface area contributed by atoms with Gasteiger partial charge in [0.15, 0.2) is 0 Å². The van der Waals surface area contributed by atoms with E-state index in [1.165, 1.54) is 6.08 Å². The van der Waals surface area contributed by atoms with Crippen LogP contribution in [0.3, 0.4) is 0 Å². The zero-order valence-corrected chi connectivity index (χ0v) is 6.52. The third kappa shape index (κ3) is 7.65. The van der Waals surface area contributed by atoms with E-state index in [2.05, 4.69) is 4.18 Å². The van der Waals surface area contributed by atoms with Crippen LogP contribution in [0.15, 0.2) is 12.2 Å². The number of rotatable bonds is 4. The SMILES string of the molecule is [2H]C([2H])([2H])/C=C\CCOS(C)(=O)=O. The first-order chi connectivity index (χ1) is 5.71. The summed E-state index contributed by atoms with van der Waals surface area (Å²) in [6.07, 6.45) is 3.63. The summed E-state index contributed by atoms with van der Waals surface area (Å²) >= 11 is 0. The fourth-order valence-corrected chi connectivity index (χ4v) is 0.750. The molecule has 0 aliphatic heterocycles. The van der Waals surface area contributed by atoms with Crippen LogP contribution in [-0.4, -0.2) is 21.3 Å². The lowest BCUT2D eigenvalue weighted by Crippen LogP contribution is -2.02. The molecule has 0 atom stereocenters. The Balaban J connectivity index is 3.65. The van der Waals surface area contributed by atoms with Crippen molar-refractivity contribution >= 4 is 10.1 Å². The van der Waals surface area contributed by atoms with Gasteiger partial charge < -0.3 is 0 Å². The molecule has 0 fully saturated rings. The smallest absolute Gasteiger partial charge is 0.264 e. The van der Waals surface area contributed by atoms with Crippen molar-refractivity contribution in [3.63, 3.8) is 0 Å². The molecule has 4 heteroatoms. The number of hydrogen-bond donors (Lipinski definition) is 0. The van der Waals surface area contributed by atoms with Gasteiger partial charge in [0.05, 0.1) is 12.9 Å². The van der Waals surface area contributed by atoms with Crippen molar-refractivity contribution in [2.45, 2.75) is 13.3 Å². The van der Waals surface area contributed by atoms with Gasteiger partial charge in [-0.05, 0) is 13.3 Å². The minimum absolute atomic E-state index is 0.0224. The minimum atomic E-state index is -3.41. The Kier molecular flexibility index (Phi) is 2.37. The fraction of sp³-hybridized carbons (Fsp3) is 0.667. The third-order valence-electron chi connectivity index (χ3n) is 0.700. The van der Waals surface area contributed by atoms with Crippen LogP contribution in [0, 0.1) is 0 Å². The van der Waals surface area contributed by atoms with Gasteiger partial charge in [-0.25, -0.2) is 0 Å². The highest BCUT2D eigenvalue weighted by Crippen LogP contribution is 1.90. The normalized spacial score (nSPS) is 18.3. The van der Waals surface area contributed by atoms with Gasteiger partial charge in [-0.15, -0.1) is 0 Å². The van der Waals surface area contributed by atoms with Crippen LogP contribution in [0.2, 0.25) is 0 Å². The highest BCUT2D eigenvalue weighted by molar-refractivity contribution is 7.85. The summed E-state index contributed by atoms with van der Waals surface area (Å²) in [5, 5.41) is 0. The maximum Gasteiger partial charge on any atom is 0.264 e. The number of hydrogen-bond acceptors (Lipinski definition) is 3. The Morgan fingerprint density at radius 2 is 2.40 bits per heavy atom. The van der Waals surface area contributed by atoms with E-state index in [4.69, 9.17) is 4.11 Å². The highest BCUT2D eigenvalue weighted by atomic mass is 32.2. The van der Waals surface area contributed by atoms with Gasteiger partial charge in [0.25, 0.3) is 10.1 Å². The third-order valence-corrected chi connectivity index (χ3v) is 1.29. The monoisotopic (exact) mass is 167 g/mol. The molecule has 0 aliphatic rings. The predicted octanol–water partition coefficient (Wildman–Crippen LogP) is 0.929. The van der Waals surface area contributed by atoms with Crippen molar-refractivity contribution in [2.24, 2.45) is 0 Å². The van der Waals surface area contributed by atoms with E-state index in [9.17, 15) is 8.42 Å². The predicted molar refractivity (Wildman–Crippen MR) is 40.2 cm³/mol. The van der Waals surface area contributed by atoms with E-state index in [0.29, 0.717) is 0 Å². The van der Waals surface area contributed by atoms with Gasteiger partial charge in [-0.2, -0.15) is 8.42 Å². The zero-order chi connectivity index (χ0) is 10.5. The molecule has 0 aromatic heterocycles. The molecule has 0 aliphatic carbocycles. The molecular weight excluding hydrogens is 152 g/mol. The molecule has 0 spiro atoms. The first-order valence-corrected chi connectivity index (χ1v) is 4.54. The van der Waals surface area contributed by atoms with Crippen molar-refractivity contribution in [1.82, 2.24) is 0 Å². The summed E-state index contributed by atoms with van der Waals surface area (Å²) in [7, 11) is -3.41.